The fourth-order valence-corrected chi connectivity index (χ4v) is 2.73. The van der Waals surface area contributed by atoms with Crippen molar-refractivity contribution in [3.8, 4) is 5.75 Å². The molecule has 2 aromatic carbocycles. The van der Waals surface area contributed by atoms with Gasteiger partial charge in [0, 0.05) is 13.0 Å². The number of aromatic nitrogens is 3. The summed E-state index contributed by atoms with van der Waals surface area (Å²) in [6, 6.07) is 16.7. The smallest absolute Gasteiger partial charge is 0.245 e. The molecule has 0 spiro atoms. The zero-order valence-electron chi connectivity index (χ0n) is 15.1. The summed E-state index contributed by atoms with van der Waals surface area (Å²) in [5.74, 6) is 0.607. The van der Waals surface area contributed by atoms with Gasteiger partial charge in [0.25, 0.3) is 0 Å². The van der Waals surface area contributed by atoms with Crippen molar-refractivity contribution >= 4 is 5.91 Å². The summed E-state index contributed by atoms with van der Waals surface area (Å²) < 4.78 is 6.65. The van der Waals surface area contributed by atoms with Gasteiger partial charge in [0.2, 0.25) is 5.91 Å². The van der Waals surface area contributed by atoms with E-state index in [-0.39, 0.29) is 12.5 Å². The Morgan fingerprint density at radius 1 is 1.15 bits per heavy atom. The Bertz CT molecular complexity index is 862. The predicted molar refractivity (Wildman–Crippen MR) is 100.0 cm³/mol. The van der Waals surface area contributed by atoms with Crippen molar-refractivity contribution in [2.45, 2.75) is 25.6 Å². The number of hydrogen-bond acceptors (Lipinski definition) is 5. The standard InChI is InChI=1S/C20H22N4O3/c1-27-18-9-7-16(8-10-18)12-21-20(26)19(11-15-5-3-2-4-6-15)24-13-17(14-25)22-23-24/h2-10,13,19,25H,11-12,14H2,1H3,(H,21,26)/t19-/m0/s1. The van der Waals surface area contributed by atoms with Crippen LogP contribution in [0.3, 0.4) is 0 Å². The van der Waals surface area contributed by atoms with E-state index < -0.39 is 6.04 Å². The number of amides is 1. The molecule has 1 heterocycles. The average molecular weight is 366 g/mol. The number of methoxy groups -OCH3 is 1. The second kappa shape index (κ2) is 8.95. The Labute approximate surface area is 157 Å². The summed E-state index contributed by atoms with van der Waals surface area (Å²) in [6.07, 6.45) is 2.07. The summed E-state index contributed by atoms with van der Waals surface area (Å²) >= 11 is 0. The lowest BCUT2D eigenvalue weighted by molar-refractivity contribution is -0.124. The molecule has 1 aromatic heterocycles. The fourth-order valence-electron chi connectivity index (χ4n) is 2.73. The number of nitrogens with one attached hydrogen (secondary N) is 1. The van der Waals surface area contributed by atoms with Gasteiger partial charge in [0.05, 0.1) is 19.9 Å². The third-order valence-corrected chi connectivity index (χ3v) is 4.24. The zero-order chi connectivity index (χ0) is 19.1. The molecule has 7 nitrogen and oxygen atoms in total. The van der Waals surface area contributed by atoms with Crippen LogP contribution >= 0.6 is 0 Å². The van der Waals surface area contributed by atoms with Gasteiger partial charge < -0.3 is 15.2 Å². The summed E-state index contributed by atoms with van der Waals surface area (Å²) in [5, 5.41) is 20.1. The normalized spacial score (nSPS) is 11.8. The minimum Gasteiger partial charge on any atom is -0.497 e. The molecule has 0 aliphatic rings. The van der Waals surface area contributed by atoms with Gasteiger partial charge in [0.1, 0.15) is 17.5 Å². The molecule has 7 heteroatoms. The Morgan fingerprint density at radius 2 is 1.89 bits per heavy atom. The SMILES string of the molecule is COc1ccc(CNC(=O)[C@H](Cc2ccccc2)n2cc(CO)nn2)cc1. The number of aliphatic hydroxyl groups excluding tert-OH is 1. The monoisotopic (exact) mass is 366 g/mol. The van der Waals surface area contributed by atoms with E-state index in [4.69, 9.17) is 4.74 Å². The van der Waals surface area contributed by atoms with Gasteiger partial charge in [-0.1, -0.05) is 47.7 Å². The second-order valence-electron chi connectivity index (χ2n) is 6.12. The fraction of sp³-hybridized carbons (Fsp3) is 0.250. The van der Waals surface area contributed by atoms with Crippen molar-refractivity contribution in [2.75, 3.05) is 7.11 Å². The van der Waals surface area contributed by atoms with Crippen molar-refractivity contribution in [2.24, 2.45) is 0 Å². The molecule has 0 aliphatic heterocycles. The maximum absolute atomic E-state index is 12.9. The van der Waals surface area contributed by atoms with Crippen molar-refractivity contribution in [1.29, 1.82) is 0 Å². The van der Waals surface area contributed by atoms with Crippen LogP contribution in [0.2, 0.25) is 0 Å². The number of aliphatic hydroxyl groups is 1. The number of carbonyl (C=O) groups is 1. The highest BCUT2D eigenvalue weighted by Gasteiger charge is 2.22. The van der Waals surface area contributed by atoms with E-state index in [9.17, 15) is 9.90 Å². The van der Waals surface area contributed by atoms with Crippen molar-refractivity contribution in [3.05, 3.63) is 77.6 Å². The zero-order valence-corrected chi connectivity index (χ0v) is 15.1. The molecule has 140 valence electrons. The van der Waals surface area contributed by atoms with E-state index >= 15 is 0 Å². The Morgan fingerprint density at radius 3 is 2.52 bits per heavy atom. The summed E-state index contributed by atoms with van der Waals surface area (Å²) in [4.78, 5) is 12.9. The van der Waals surface area contributed by atoms with Crippen LogP contribution in [0.15, 0.2) is 60.8 Å². The van der Waals surface area contributed by atoms with E-state index in [1.54, 1.807) is 13.3 Å². The van der Waals surface area contributed by atoms with Gasteiger partial charge in [-0.2, -0.15) is 0 Å². The second-order valence-corrected chi connectivity index (χ2v) is 6.12. The number of nitrogens with zero attached hydrogens (tertiary/aromatic N) is 3. The lowest BCUT2D eigenvalue weighted by Crippen LogP contribution is -2.34. The van der Waals surface area contributed by atoms with Crippen molar-refractivity contribution in [1.82, 2.24) is 20.3 Å². The molecule has 3 aromatic rings. The predicted octanol–water partition coefficient (Wildman–Crippen LogP) is 1.88. The van der Waals surface area contributed by atoms with Crippen LogP contribution in [0.5, 0.6) is 5.75 Å². The van der Waals surface area contributed by atoms with Crippen LogP contribution in [-0.4, -0.2) is 33.1 Å². The molecular formula is C20H22N4O3. The van der Waals surface area contributed by atoms with Gasteiger partial charge in [0.15, 0.2) is 0 Å². The van der Waals surface area contributed by atoms with Gasteiger partial charge in [-0.25, -0.2) is 4.68 Å². The molecule has 0 radical (unpaired) electrons. The molecule has 1 amide bonds. The number of carbonyl (C=O) groups excluding carboxylic acids is 1. The van der Waals surface area contributed by atoms with Crippen LogP contribution in [-0.2, 0) is 24.4 Å². The maximum Gasteiger partial charge on any atom is 0.245 e. The van der Waals surface area contributed by atoms with Crippen molar-refractivity contribution in [3.63, 3.8) is 0 Å². The molecular weight excluding hydrogens is 344 g/mol. The first kappa shape index (κ1) is 18.6. The number of hydrogen-bond donors (Lipinski definition) is 2. The minimum absolute atomic E-state index is 0.163. The summed E-state index contributed by atoms with van der Waals surface area (Å²) in [6.45, 7) is 0.182. The van der Waals surface area contributed by atoms with Crippen LogP contribution in [0.1, 0.15) is 22.9 Å². The van der Waals surface area contributed by atoms with Crippen LogP contribution in [0.25, 0.3) is 0 Å². The van der Waals surface area contributed by atoms with E-state index in [1.165, 1.54) is 4.68 Å². The lowest BCUT2D eigenvalue weighted by Gasteiger charge is -2.17. The molecule has 27 heavy (non-hydrogen) atoms. The molecule has 0 bridgehead atoms. The molecule has 0 fully saturated rings. The van der Waals surface area contributed by atoms with Crippen LogP contribution in [0.4, 0.5) is 0 Å². The quantitative estimate of drug-likeness (QED) is 0.635. The number of rotatable bonds is 8. The van der Waals surface area contributed by atoms with E-state index in [1.807, 2.05) is 54.6 Å². The highest BCUT2D eigenvalue weighted by Crippen LogP contribution is 2.16. The van der Waals surface area contributed by atoms with E-state index in [0.29, 0.717) is 18.7 Å². The van der Waals surface area contributed by atoms with Gasteiger partial charge in [-0.15, -0.1) is 5.10 Å². The van der Waals surface area contributed by atoms with Gasteiger partial charge in [-0.3, -0.25) is 4.79 Å². The molecule has 0 unspecified atom stereocenters. The molecule has 2 N–H and O–H groups in total. The van der Waals surface area contributed by atoms with E-state index in [2.05, 4.69) is 15.6 Å². The topological polar surface area (TPSA) is 89.3 Å². The molecule has 1 atom stereocenters. The first-order valence-electron chi connectivity index (χ1n) is 8.65. The summed E-state index contributed by atoms with van der Waals surface area (Å²) in [7, 11) is 1.61. The molecule has 0 saturated heterocycles. The molecule has 0 aliphatic carbocycles. The largest absolute Gasteiger partial charge is 0.497 e. The van der Waals surface area contributed by atoms with Crippen molar-refractivity contribution < 1.29 is 14.6 Å². The first-order chi connectivity index (χ1) is 13.2. The summed E-state index contributed by atoms with van der Waals surface area (Å²) in [5.41, 5.74) is 2.41. The Balaban J connectivity index is 1.73. The molecule has 3 rings (SSSR count). The lowest BCUT2D eigenvalue weighted by atomic mass is 10.1. The number of benzene rings is 2. The van der Waals surface area contributed by atoms with Gasteiger partial charge in [-0.05, 0) is 23.3 Å². The van der Waals surface area contributed by atoms with Crippen LogP contribution in [0, 0.1) is 0 Å². The first-order valence-corrected chi connectivity index (χ1v) is 8.65. The highest BCUT2D eigenvalue weighted by atomic mass is 16.5. The van der Waals surface area contributed by atoms with Crippen LogP contribution < -0.4 is 10.1 Å². The Kier molecular flexibility index (Phi) is 6.17. The van der Waals surface area contributed by atoms with E-state index in [0.717, 1.165) is 16.9 Å². The minimum atomic E-state index is -0.557. The Hall–Kier alpha value is -3.19. The molecule has 0 saturated carbocycles. The average Bonchev–Trinajstić information content (AvgIpc) is 3.20. The third kappa shape index (κ3) is 4.92. The number of ether oxygens (including phenoxy) is 1. The van der Waals surface area contributed by atoms with Gasteiger partial charge >= 0.3 is 0 Å². The highest BCUT2D eigenvalue weighted by molar-refractivity contribution is 5.80. The third-order valence-electron chi connectivity index (χ3n) is 4.24. The maximum atomic E-state index is 12.9.